The summed E-state index contributed by atoms with van der Waals surface area (Å²) in [5, 5.41) is 2.93. The molecule has 0 fully saturated rings. The first kappa shape index (κ1) is 15.5. The number of para-hydroxylation sites is 1. The molecule has 3 heteroatoms. The van der Waals surface area contributed by atoms with Crippen molar-refractivity contribution in [2.75, 3.05) is 6.61 Å². The van der Waals surface area contributed by atoms with Crippen LogP contribution < -0.4 is 10.1 Å². The second-order valence-corrected chi connectivity index (χ2v) is 5.58. The molecule has 1 N–H and O–H groups in total. The molecular formula is C16H25NO2. The first-order chi connectivity index (χ1) is 8.91. The fourth-order valence-corrected chi connectivity index (χ4v) is 1.69. The van der Waals surface area contributed by atoms with Gasteiger partial charge in [0.2, 0.25) is 0 Å². The largest absolute Gasteiger partial charge is 0.483 e. The lowest BCUT2D eigenvalue weighted by Gasteiger charge is -2.18. The van der Waals surface area contributed by atoms with Crippen LogP contribution in [0, 0.1) is 5.92 Å². The van der Waals surface area contributed by atoms with E-state index in [1.165, 1.54) is 0 Å². The van der Waals surface area contributed by atoms with E-state index in [9.17, 15) is 4.79 Å². The van der Waals surface area contributed by atoms with E-state index in [2.05, 4.69) is 33.0 Å². The third-order valence-corrected chi connectivity index (χ3v) is 3.29. The van der Waals surface area contributed by atoms with E-state index in [0.717, 1.165) is 11.3 Å². The predicted molar refractivity (Wildman–Crippen MR) is 78.5 cm³/mol. The van der Waals surface area contributed by atoms with Gasteiger partial charge in [-0.1, -0.05) is 45.9 Å². The predicted octanol–water partition coefficient (Wildman–Crippen LogP) is 3.35. The molecule has 1 aromatic rings. The zero-order valence-corrected chi connectivity index (χ0v) is 12.6. The van der Waals surface area contributed by atoms with Gasteiger partial charge >= 0.3 is 0 Å². The number of ether oxygens (including phenoxy) is 1. The van der Waals surface area contributed by atoms with Crippen molar-refractivity contribution in [2.45, 2.75) is 46.6 Å². The highest BCUT2D eigenvalue weighted by molar-refractivity contribution is 5.77. The van der Waals surface area contributed by atoms with Crippen LogP contribution in [-0.4, -0.2) is 18.6 Å². The molecule has 0 aliphatic carbocycles. The smallest absolute Gasteiger partial charge is 0.258 e. The van der Waals surface area contributed by atoms with Crippen molar-refractivity contribution in [1.29, 1.82) is 0 Å². The van der Waals surface area contributed by atoms with Crippen molar-refractivity contribution in [3.63, 3.8) is 0 Å². The van der Waals surface area contributed by atoms with E-state index in [1.54, 1.807) is 0 Å². The third kappa shape index (κ3) is 4.93. The van der Waals surface area contributed by atoms with Crippen LogP contribution in [0.3, 0.4) is 0 Å². The molecule has 1 atom stereocenters. The Morgan fingerprint density at radius 1 is 1.16 bits per heavy atom. The molecule has 0 spiro atoms. The molecule has 0 saturated heterocycles. The van der Waals surface area contributed by atoms with Gasteiger partial charge in [0.25, 0.3) is 5.91 Å². The second kappa shape index (κ2) is 7.17. The summed E-state index contributed by atoms with van der Waals surface area (Å²) < 4.78 is 5.63. The molecule has 0 aromatic heterocycles. The van der Waals surface area contributed by atoms with E-state index in [0.29, 0.717) is 11.8 Å². The average molecular weight is 263 g/mol. The molecule has 0 heterocycles. The Morgan fingerprint density at radius 2 is 1.79 bits per heavy atom. The lowest BCUT2D eigenvalue weighted by molar-refractivity contribution is -0.124. The van der Waals surface area contributed by atoms with E-state index in [4.69, 9.17) is 4.74 Å². The van der Waals surface area contributed by atoms with Gasteiger partial charge in [-0.3, -0.25) is 4.79 Å². The monoisotopic (exact) mass is 263 g/mol. The number of rotatable bonds is 6. The fourth-order valence-electron chi connectivity index (χ4n) is 1.69. The normalized spacial score (nSPS) is 12.6. The number of nitrogens with one attached hydrogen (secondary N) is 1. The standard InChI is InChI=1S/C16H25NO2/c1-11(2)13(5)17-16(18)10-19-15-9-7-6-8-14(15)12(3)4/h6-9,11-13H,10H2,1-5H3,(H,17,18)/t13-/m1/s1. The second-order valence-electron chi connectivity index (χ2n) is 5.58. The van der Waals surface area contributed by atoms with Gasteiger partial charge in [0.15, 0.2) is 6.61 Å². The van der Waals surface area contributed by atoms with Crippen LogP contribution in [0.5, 0.6) is 5.75 Å². The summed E-state index contributed by atoms with van der Waals surface area (Å²) in [6.45, 7) is 10.5. The molecule has 1 rings (SSSR count). The van der Waals surface area contributed by atoms with Gasteiger partial charge in [-0.2, -0.15) is 0 Å². The number of carbonyl (C=O) groups excluding carboxylic acids is 1. The molecule has 0 saturated carbocycles. The number of benzene rings is 1. The van der Waals surface area contributed by atoms with Crippen molar-refractivity contribution in [3.05, 3.63) is 29.8 Å². The third-order valence-electron chi connectivity index (χ3n) is 3.29. The molecule has 0 bridgehead atoms. The van der Waals surface area contributed by atoms with Crippen LogP contribution in [-0.2, 0) is 4.79 Å². The molecule has 0 radical (unpaired) electrons. The zero-order valence-electron chi connectivity index (χ0n) is 12.6. The summed E-state index contributed by atoms with van der Waals surface area (Å²) in [6.07, 6.45) is 0. The lowest BCUT2D eigenvalue weighted by Crippen LogP contribution is -2.39. The van der Waals surface area contributed by atoms with Crippen LogP contribution >= 0.6 is 0 Å². The Labute approximate surface area is 116 Å². The molecule has 1 aromatic carbocycles. The van der Waals surface area contributed by atoms with Gasteiger partial charge in [0, 0.05) is 6.04 Å². The Balaban J connectivity index is 2.55. The van der Waals surface area contributed by atoms with Gasteiger partial charge in [-0.15, -0.1) is 0 Å². The van der Waals surface area contributed by atoms with Crippen molar-refractivity contribution in [2.24, 2.45) is 5.92 Å². The summed E-state index contributed by atoms with van der Waals surface area (Å²) in [6, 6.07) is 8.03. The van der Waals surface area contributed by atoms with Gasteiger partial charge in [0.1, 0.15) is 5.75 Å². The summed E-state index contributed by atoms with van der Waals surface area (Å²) in [7, 11) is 0. The molecule has 0 aliphatic rings. The highest BCUT2D eigenvalue weighted by Crippen LogP contribution is 2.25. The molecule has 0 aliphatic heterocycles. The maximum absolute atomic E-state index is 11.8. The van der Waals surface area contributed by atoms with E-state index < -0.39 is 0 Å². The molecular weight excluding hydrogens is 238 g/mol. The Morgan fingerprint density at radius 3 is 2.37 bits per heavy atom. The highest BCUT2D eigenvalue weighted by Gasteiger charge is 2.12. The first-order valence-corrected chi connectivity index (χ1v) is 6.93. The Hall–Kier alpha value is -1.51. The van der Waals surface area contributed by atoms with E-state index >= 15 is 0 Å². The molecule has 1 amide bonds. The van der Waals surface area contributed by atoms with Crippen molar-refractivity contribution >= 4 is 5.91 Å². The van der Waals surface area contributed by atoms with Crippen LogP contribution in [0.15, 0.2) is 24.3 Å². The Kier molecular flexibility index (Phi) is 5.87. The summed E-state index contributed by atoms with van der Waals surface area (Å²) in [5.41, 5.74) is 1.13. The lowest BCUT2D eigenvalue weighted by atomic mass is 10.0. The first-order valence-electron chi connectivity index (χ1n) is 6.93. The van der Waals surface area contributed by atoms with E-state index in [-0.39, 0.29) is 18.6 Å². The average Bonchev–Trinajstić information content (AvgIpc) is 2.36. The van der Waals surface area contributed by atoms with Crippen LogP contribution in [0.25, 0.3) is 0 Å². The number of hydrogen-bond acceptors (Lipinski definition) is 2. The molecule has 0 unspecified atom stereocenters. The number of hydrogen-bond donors (Lipinski definition) is 1. The minimum atomic E-state index is -0.0697. The summed E-state index contributed by atoms with van der Waals surface area (Å²) in [5.74, 6) is 1.53. The van der Waals surface area contributed by atoms with Gasteiger partial charge in [-0.05, 0) is 30.4 Å². The fraction of sp³-hybridized carbons (Fsp3) is 0.562. The quantitative estimate of drug-likeness (QED) is 0.854. The molecule has 3 nitrogen and oxygen atoms in total. The van der Waals surface area contributed by atoms with E-state index in [1.807, 2.05) is 31.2 Å². The van der Waals surface area contributed by atoms with Gasteiger partial charge in [0.05, 0.1) is 0 Å². The minimum Gasteiger partial charge on any atom is -0.483 e. The van der Waals surface area contributed by atoms with Crippen molar-refractivity contribution in [3.8, 4) is 5.75 Å². The number of amides is 1. The maximum Gasteiger partial charge on any atom is 0.258 e. The van der Waals surface area contributed by atoms with Gasteiger partial charge in [-0.25, -0.2) is 0 Å². The van der Waals surface area contributed by atoms with Crippen LogP contribution in [0.4, 0.5) is 0 Å². The SMILES string of the molecule is CC(C)c1ccccc1OCC(=O)N[C@H](C)C(C)C. The van der Waals surface area contributed by atoms with Gasteiger partial charge < -0.3 is 10.1 Å². The van der Waals surface area contributed by atoms with Crippen LogP contribution in [0.1, 0.15) is 46.1 Å². The Bertz CT molecular complexity index is 413. The minimum absolute atomic E-state index is 0.0697. The summed E-state index contributed by atoms with van der Waals surface area (Å²) >= 11 is 0. The molecule has 19 heavy (non-hydrogen) atoms. The highest BCUT2D eigenvalue weighted by atomic mass is 16.5. The van der Waals surface area contributed by atoms with Crippen molar-refractivity contribution in [1.82, 2.24) is 5.32 Å². The maximum atomic E-state index is 11.8. The van der Waals surface area contributed by atoms with Crippen molar-refractivity contribution < 1.29 is 9.53 Å². The number of carbonyl (C=O) groups is 1. The summed E-state index contributed by atoms with van der Waals surface area (Å²) in [4.78, 5) is 11.8. The molecule has 106 valence electrons. The van der Waals surface area contributed by atoms with Crippen LogP contribution in [0.2, 0.25) is 0 Å². The zero-order chi connectivity index (χ0) is 14.4. The topological polar surface area (TPSA) is 38.3 Å².